The van der Waals surface area contributed by atoms with E-state index in [1.807, 2.05) is 0 Å². The number of hydrogen-bond donors (Lipinski definition) is 2. The van der Waals surface area contributed by atoms with Crippen LogP contribution >= 0.6 is 11.8 Å². The minimum atomic E-state index is -1.82. The number of aliphatic carboxylic acids is 2. The molecule has 1 aliphatic carbocycles. The zero-order valence-electron chi connectivity index (χ0n) is 18.7. The van der Waals surface area contributed by atoms with Gasteiger partial charge in [0.2, 0.25) is 0 Å². The third-order valence-corrected chi connectivity index (χ3v) is 8.20. The number of hydrogen-bond acceptors (Lipinski definition) is 4. The van der Waals surface area contributed by atoms with E-state index in [-0.39, 0.29) is 0 Å². The number of rotatable bonds is 4. The van der Waals surface area contributed by atoms with E-state index in [9.17, 15) is 0 Å². The van der Waals surface area contributed by atoms with Crippen LogP contribution in [0.15, 0.2) is 65.6 Å². The average molecular weight is 466 g/mol. The van der Waals surface area contributed by atoms with E-state index in [1.54, 1.807) is 10.5 Å². The average Bonchev–Trinajstić information content (AvgIpc) is 3.33. The van der Waals surface area contributed by atoms with Gasteiger partial charge in [0, 0.05) is 0 Å². The van der Waals surface area contributed by atoms with Crippen molar-refractivity contribution < 1.29 is 19.8 Å². The van der Waals surface area contributed by atoms with Crippen LogP contribution in [0.4, 0.5) is 0 Å². The fourth-order valence-electron chi connectivity index (χ4n) is 5.16. The summed E-state index contributed by atoms with van der Waals surface area (Å²) in [4.78, 5) is 22.6. The Hall–Kier alpha value is -2.57. The Bertz CT molecular complexity index is 1040. The Morgan fingerprint density at radius 3 is 2.42 bits per heavy atom. The van der Waals surface area contributed by atoms with Crippen LogP contribution in [0.3, 0.4) is 0 Å². The maximum absolute atomic E-state index is 9.10. The summed E-state index contributed by atoms with van der Waals surface area (Å²) in [5.74, 6) is 0.0193. The quantitative estimate of drug-likeness (QED) is 0.590. The topological polar surface area (TPSA) is 77.8 Å². The molecule has 2 atom stereocenters. The van der Waals surface area contributed by atoms with Gasteiger partial charge in [-0.15, -0.1) is 11.8 Å². The van der Waals surface area contributed by atoms with Crippen molar-refractivity contribution >= 4 is 34.5 Å². The molecule has 5 nitrogen and oxygen atoms in total. The van der Waals surface area contributed by atoms with Gasteiger partial charge in [-0.1, -0.05) is 60.7 Å². The van der Waals surface area contributed by atoms with Crippen molar-refractivity contribution in [3.63, 3.8) is 0 Å². The molecule has 0 spiro atoms. The molecular formula is C27H31NO4S. The number of carbonyl (C=O) groups is 2. The van der Waals surface area contributed by atoms with E-state index in [0.717, 1.165) is 17.8 Å². The highest BCUT2D eigenvalue weighted by Gasteiger charge is 2.30. The number of benzene rings is 2. The summed E-state index contributed by atoms with van der Waals surface area (Å²) in [5, 5.41) is 17.5. The van der Waals surface area contributed by atoms with Crippen molar-refractivity contribution in [1.82, 2.24) is 4.90 Å². The fraction of sp³-hybridized carbons (Fsp3) is 0.407. The van der Waals surface area contributed by atoms with E-state index < -0.39 is 11.9 Å². The molecule has 0 bridgehead atoms. The summed E-state index contributed by atoms with van der Waals surface area (Å²) < 4.78 is 0. The predicted octanol–water partition coefficient (Wildman–Crippen LogP) is 5.39. The van der Waals surface area contributed by atoms with Gasteiger partial charge in [-0.3, -0.25) is 0 Å². The Labute approximate surface area is 199 Å². The van der Waals surface area contributed by atoms with Crippen molar-refractivity contribution in [3.05, 3.63) is 71.2 Å². The van der Waals surface area contributed by atoms with E-state index >= 15 is 0 Å². The Morgan fingerprint density at radius 1 is 0.970 bits per heavy atom. The number of allylic oxidation sites excluding steroid dienone is 4. The van der Waals surface area contributed by atoms with Gasteiger partial charge in [0.1, 0.15) is 0 Å². The zero-order valence-corrected chi connectivity index (χ0v) is 19.5. The molecule has 0 saturated carbocycles. The number of fused-ring (bicyclic) bond motifs is 2. The molecule has 2 aromatic rings. The smallest absolute Gasteiger partial charge is 0.414 e. The second-order valence-electron chi connectivity index (χ2n) is 8.98. The number of carboxylic acid groups (broad SMARTS) is 2. The van der Waals surface area contributed by atoms with Gasteiger partial charge >= 0.3 is 11.9 Å². The van der Waals surface area contributed by atoms with E-state index in [0.29, 0.717) is 0 Å². The lowest BCUT2D eigenvalue weighted by Gasteiger charge is -2.34. The van der Waals surface area contributed by atoms with Gasteiger partial charge in [0.05, 0.1) is 0 Å². The first-order valence-corrected chi connectivity index (χ1v) is 12.7. The summed E-state index contributed by atoms with van der Waals surface area (Å²) in [6.07, 6.45) is 12.5. The predicted molar refractivity (Wildman–Crippen MR) is 134 cm³/mol. The van der Waals surface area contributed by atoms with Gasteiger partial charge in [0.25, 0.3) is 0 Å². The van der Waals surface area contributed by atoms with Crippen LogP contribution in [0.25, 0.3) is 10.8 Å². The minimum absolute atomic E-state index is 0.737. The standard InChI is InChI=1S/C25H29NS.C2H2O4/c1-2-5-22-18-23(9-8-19(22)4-1)20-10-14-26(15-11-20)16-12-21-6-3-7-25-24(21)13-17-27-25;3-1(4)2(5)6/h1-9,18,20-21,24H,10-17H2;(H,3,4)(H,5,6). The zero-order chi connectivity index (χ0) is 23.2. The Morgan fingerprint density at radius 2 is 1.70 bits per heavy atom. The molecule has 5 rings (SSSR count). The normalized spacial score (nSPS) is 22.8. The number of likely N-dealkylation sites (tertiary alicyclic amines) is 1. The highest BCUT2D eigenvalue weighted by atomic mass is 32.2. The molecule has 3 aliphatic rings. The SMILES string of the molecule is C1=CC(CCN2CCC(c3ccc4ccccc4c3)CC2)C2CCSC2=C1.O=C(O)C(=O)O. The van der Waals surface area contributed by atoms with Crippen molar-refractivity contribution in [1.29, 1.82) is 0 Å². The number of carboxylic acids is 2. The lowest BCUT2D eigenvalue weighted by atomic mass is 9.83. The first-order valence-electron chi connectivity index (χ1n) is 11.7. The molecule has 0 radical (unpaired) electrons. The summed E-state index contributed by atoms with van der Waals surface area (Å²) >= 11 is 2.09. The Balaban J connectivity index is 0.000000385. The van der Waals surface area contributed by atoms with Crippen molar-refractivity contribution in [2.45, 2.75) is 31.6 Å². The van der Waals surface area contributed by atoms with E-state index in [1.165, 1.54) is 61.8 Å². The minimum Gasteiger partial charge on any atom is -0.473 e. The molecule has 2 aliphatic heterocycles. The van der Waals surface area contributed by atoms with Gasteiger partial charge in [-0.25, -0.2) is 9.59 Å². The summed E-state index contributed by atoms with van der Waals surface area (Å²) in [7, 11) is 0. The molecule has 2 fully saturated rings. The summed E-state index contributed by atoms with van der Waals surface area (Å²) in [6, 6.07) is 15.8. The second kappa shape index (κ2) is 11.0. The van der Waals surface area contributed by atoms with Crippen LogP contribution in [-0.2, 0) is 9.59 Å². The second-order valence-corrected chi connectivity index (χ2v) is 10.2. The highest BCUT2D eigenvalue weighted by molar-refractivity contribution is 8.03. The van der Waals surface area contributed by atoms with E-state index in [4.69, 9.17) is 19.8 Å². The van der Waals surface area contributed by atoms with Gasteiger partial charge < -0.3 is 15.1 Å². The van der Waals surface area contributed by atoms with E-state index in [2.05, 4.69) is 77.4 Å². The number of piperidine rings is 1. The lowest BCUT2D eigenvalue weighted by Crippen LogP contribution is -2.35. The number of thioether (sulfide) groups is 1. The monoisotopic (exact) mass is 465 g/mol. The maximum Gasteiger partial charge on any atom is 0.414 e. The number of nitrogens with zero attached hydrogens (tertiary/aromatic N) is 1. The molecule has 0 aromatic heterocycles. The molecule has 0 amide bonds. The van der Waals surface area contributed by atoms with Gasteiger partial charge in [-0.2, -0.15) is 0 Å². The molecule has 174 valence electrons. The van der Waals surface area contributed by atoms with Crippen LogP contribution in [-0.4, -0.2) is 52.4 Å². The largest absolute Gasteiger partial charge is 0.473 e. The van der Waals surface area contributed by atoms with Crippen LogP contribution in [0.5, 0.6) is 0 Å². The Kier molecular flexibility index (Phi) is 7.89. The molecule has 33 heavy (non-hydrogen) atoms. The van der Waals surface area contributed by atoms with Crippen molar-refractivity contribution in [3.8, 4) is 0 Å². The summed E-state index contributed by atoms with van der Waals surface area (Å²) in [5.41, 5.74) is 1.54. The van der Waals surface area contributed by atoms with Crippen LogP contribution < -0.4 is 0 Å². The van der Waals surface area contributed by atoms with Crippen LogP contribution in [0.1, 0.15) is 37.2 Å². The first-order chi connectivity index (χ1) is 16.0. The molecular weight excluding hydrogens is 434 g/mol. The molecule has 2 unspecified atom stereocenters. The molecule has 2 aromatic carbocycles. The van der Waals surface area contributed by atoms with Crippen LogP contribution in [0.2, 0.25) is 0 Å². The molecule has 2 saturated heterocycles. The first kappa shape index (κ1) is 23.6. The lowest BCUT2D eigenvalue weighted by molar-refractivity contribution is -0.159. The van der Waals surface area contributed by atoms with Gasteiger partial charge in [0.15, 0.2) is 0 Å². The summed E-state index contributed by atoms with van der Waals surface area (Å²) in [6.45, 7) is 3.79. The van der Waals surface area contributed by atoms with Crippen LogP contribution in [0, 0.1) is 11.8 Å². The molecule has 2 N–H and O–H groups in total. The third-order valence-electron chi connectivity index (χ3n) is 6.99. The fourth-order valence-corrected chi connectivity index (χ4v) is 6.45. The maximum atomic E-state index is 9.10. The molecule has 6 heteroatoms. The highest BCUT2D eigenvalue weighted by Crippen LogP contribution is 2.44. The third kappa shape index (κ3) is 6.06. The van der Waals surface area contributed by atoms with Crippen molar-refractivity contribution in [2.24, 2.45) is 11.8 Å². The van der Waals surface area contributed by atoms with Gasteiger partial charge in [-0.05, 0) is 90.1 Å². The van der Waals surface area contributed by atoms with Crippen molar-refractivity contribution in [2.75, 3.05) is 25.4 Å². The molecule has 2 heterocycles.